The van der Waals surface area contributed by atoms with Gasteiger partial charge in [0.05, 0.1) is 17.9 Å². The van der Waals surface area contributed by atoms with Crippen LogP contribution in [0.4, 0.5) is 0 Å². The Labute approximate surface area is 159 Å². The second-order valence-corrected chi connectivity index (χ2v) is 8.16. The van der Waals surface area contributed by atoms with Crippen molar-refractivity contribution in [2.75, 3.05) is 0 Å². The summed E-state index contributed by atoms with van der Waals surface area (Å²) in [6.45, 7) is 5.47. The third-order valence-electron chi connectivity index (χ3n) is 4.74. The summed E-state index contributed by atoms with van der Waals surface area (Å²) < 4.78 is 11.1. The normalized spacial score (nSPS) is 20.4. The van der Waals surface area contributed by atoms with Crippen LogP contribution in [0.15, 0.2) is 36.4 Å². The van der Waals surface area contributed by atoms with Crippen molar-refractivity contribution in [1.82, 2.24) is 0 Å². The molecule has 0 bridgehead atoms. The summed E-state index contributed by atoms with van der Waals surface area (Å²) in [5.41, 5.74) is 0.277. The zero-order valence-electron chi connectivity index (χ0n) is 16.0. The number of carbonyl (C=O) groups is 2. The van der Waals surface area contributed by atoms with Gasteiger partial charge in [0.15, 0.2) is 0 Å². The second kappa shape index (κ2) is 7.69. The Kier molecular flexibility index (Phi) is 5.51. The molecule has 1 heterocycles. The number of carbonyl (C=O) groups excluding carboxylic acids is 2. The molecular weight excluding hydrogens is 344 g/mol. The number of cyclic esters (lactones) is 1. The average Bonchev–Trinajstić information content (AvgIpc) is 2.59. The van der Waals surface area contributed by atoms with Gasteiger partial charge >= 0.3 is 11.9 Å². The van der Waals surface area contributed by atoms with Crippen LogP contribution in [0.3, 0.4) is 0 Å². The molecule has 0 unspecified atom stereocenters. The summed E-state index contributed by atoms with van der Waals surface area (Å²) in [5, 5.41) is 11.7. The number of esters is 2. The Morgan fingerprint density at radius 3 is 2.67 bits per heavy atom. The maximum Gasteiger partial charge on any atom is 0.316 e. The molecule has 2 aromatic rings. The van der Waals surface area contributed by atoms with Crippen LogP contribution in [-0.2, 0) is 20.7 Å². The van der Waals surface area contributed by atoms with Gasteiger partial charge in [-0.3, -0.25) is 9.59 Å². The first kappa shape index (κ1) is 19.4. The molecule has 144 valence electrons. The maximum absolute atomic E-state index is 12.5. The summed E-state index contributed by atoms with van der Waals surface area (Å²) in [7, 11) is 0. The molecule has 2 atom stereocenters. The fourth-order valence-corrected chi connectivity index (χ4v) is 3.21. The Balaban J connectivity index is 1.86. The fourth-order valence-electron chi connectivity index (χ4n) is 3.21. The zero-order chi connectivity index (χ0) is 19.6. The number of aryl methyl sites for hydroxylation is 1. The molecular formula is C22H26O5. The van der Waals surface area contributed by atoms with E-state index in [-0.39, 0.29) is 24.5 Å². The third-order valence-corrected chi connectivity index (χ3v) is 4.74. The summed E-state index contributed by atoms with van der Waals surface area (Å²) >= 11 is 0. The minimum absolute atomic E-state index is 0.0565. The smallest absolute Gasteiger partial charge is 0.316 e. The van der Waals surface area contributed by atoms with Crippen molar-refractivity contribution in [2.24, 2.45) is 5.41 Å². The third kappa shape index (κ3) is 4.66. The number of hydrogen-bond acceptors (Lipinski definition) is 5. The van der Waals surface area contributed by atoms with Gasteiger partial charge in [0.1, 0.15) is 11.9 Å². The summed E-state index contributed by atoms with van der Waals surface area (Å²) in [6, 6.07) is 11.7. The van der Waals surface area contributed by atoms with Crippen molar-refractivity contribution in [1.29, 1.82) is 0 Å². The number of ether oxygens (including phenoxy) is 2. The van der Waals surface area contributed by atoms with E-state index in [0.29, 0.717) is 25.0 Å². The van der Waals surface area contributed by atoms with Gasteiger partial charge in [-0.2, -0.15) is 0 Å². The quantitative estimate of drug-likeness (QED) is 0.655. The Morgan fingerprint density at radius 1 is 1.22 bits per heavy atom. The van der Waals surface area contributed by atoms with Crippen LogP contribution < -0.4 is 4.74 Å². The van der Waals surface area contributed by atoms with Gasteiger partial charge in [0, 0.05) is 11.8 Å². The summed E-state index contributed by atoms with van der Waals surface area (Å²) in [5.74, 6) is -0.0908. The molecule has 27 heavy (non-hydrogen) atoms. The maximum atomic E-state index is 12.5. The molecule has 1 aliphatic heterocycles. The van der Waals surface area contributed by atoms with Crippen LogP contribution in [0.2, 0.25) is 0 Å². The largest absolute Gasteiger partial charge is 0.462 e. The Bertz CT molecular complexity index is 849. The molecule has 0 radical (unpaired) electrons. The van der Waals surface area contributed by atoms with Crippen molar-refractivity contribution in [3.05, 3.63) is 42.0 Å². The molecule has 1 fully saturated rings. The molecule has 1 N–H and O–H groups in total. The first-order valence-electron chi connectivity index (χ1n) is 9.34. The Morgan fingerprint density at radius 2 is 1.96 bits per heavy atom. The SMILES string of the molecule is CC(C)(C)C(=O)Oc1c(CC[C@@H]2C[C@@H](O)CC(=O)O2)ccc2ccccc12. The zero-order valence-corrected chi connectivity index (χ0v) is 16.0. The minimum Gasteiger partial charge on any atom is -0.462 e. The van der Waals surface area contributed by atoms with Crippen LogP contribution in [0, 0.1) is 5.41 Å². The molecule has 0 saturated carbocycles. The van der Waals surface area contributed by atoms with E-state index in [0.717, 1.165) is 16.3 Å². The van der Waals surface area contributed by atoms with Crippen molar-refractivity contribution >= 4 is 22.7 Å². The van der Waals surface area contributed by atoms with E-state index in [1.165, 1.54) is 0 Å². The van der Waals surface area contributed by atoms with Gasteiger partial charge in [-0.05, 0) is 44.6 Å². The summed E-state index contributed by atoms with van der Waals surface area (Å²) in [4.78, 5) is 24.0. The van der Waals surface area contributed by atoms with Crippen LogP contribution in [0.1, 0.15) is 45.6 Å². The van der Waals surface area contributed by atoms with E-state index >= 15 is 0 Å². The predicted octanol–water partition coefficient (Wildman–Crippen LogP) is 3.79. The molecule has 5 heteroatoms. The highest BCUT2D eigenvalue weighted by molar-refractivity contribution is 5.92. The van der Waals surface area contributed by atoms with Crippen molar-refractivity contribution in [3.63, 3.8) is 0 Å². The topological polar surface area (TPSA) is 72.8 Å². The van der Waals surface area contributed by atoms with E-state index < -0.39 is 11.5 Å². The first-order valence-corrected chi connectivity index (χ1v) is 9.34. The van der Waals surface area contributed by atoms with Crippen molar-refractivity contribution < 1.29 is 24.2 Å². The van der Waals surface area contributed by atoms with Gasteiger partial charge in [0.25, 0.3) is 0 Å². The highest BCUT2D eigenvalue weighted by atomic mass is 16.5. The van der Waals surface area contributed by atoms with Gasteiger partial charge in [-0.15, -0.1) is 0 Å². The van der Waals surface area contributed by atoms with Gasteiger partial charge in [-0.1, -0.05) is 36.4 Å². The van der Waals surface area contributed by atoms with Gasteiger partial charge in [0.2, 0.25) is 0 Å². The van der Waals surface area contributed by atoms with E-state index in [1.54, 1.807) is 0 Å². The van der Waals surface area contributed by atoms with E-state index in [1.807, 2.05) is 57.2 Å². The lowest BCUT2D eigenvalue weighted by molar-refractivity contribution is -0.160. The summed E-state index contributed by atoms with van der Waals surface area (Å²) in [6.07, 6.45) is 0.686. The molecule has 5 nitrogen and oxygen atoms in total. The lowest BCUT2D eigenvalue weighted by Gasteiger charge is -2.26. The average molecular weight is 370 g/mol. The number of fused-ring (bicyclic) bond motifs is 1. The lowest BCUT2D eigenvalue weighted by atomic mass is 9.95. The van der Waals surface area contributed by atoms with Crippen LogP contribution in [0.25, 0.3) is 10.8 Å². The van der Waals surface area contributed by atoms with Crippen molar-refractivity contribution in [3.8, 4) is 5.75 Å². The van der Waals surface area contributed by atoms with E-state index in [2.05, 4.69) is 0 Å². The van der Waals surface area contributed by atoms with Crippen LogP contribution in [0.5, 0.6) is 5.75 Å². The Hall–Kier alpha value is -2.40. The van der Waals surface area contributed by atoms with Crippen molar-refractivity contribution in [2.45, 2.75) is 58.7 Å². The predicted molar refractivity (Wildman–Crippen MR) is 102 cm³/mol. The number of hydrogen-bond donors (Lipinski definition) is 1. The fraction of sp³-hybridized carbons (Fsp3) is 0.455. The molecule has 0 spiro atoms. The van der Waals surface area contributed by atoms with E-state index in [9.17, 15) is 14.7 Å². The molecule has 2 aromatic carbocycles. The first-order chi connectivity index (χ1) is 12.7. The number of aliphatic hydroxyl groups excluding tert-OH is 1. The van der Waals surface area contributed by atoms with Crippen LogP contribution >= 0.6 is 0 Å². The molecule has 1 saturated heterocycles. The number of rotatable bonds is 4. The monoisotopic (exact) mass is 370 g/mol. The van der Waals surface area contributed by atoms with E-state index in [4.69, 9.17) is 9.47 Å². The molecule has 0 aliphatic carbocycles. The number of benzene rings is 2. The van der Waals surface area contributed by atoms with Gasteiger partial charge < -0.3 is 14.6 Å². The van der Waals surface area contributed by atoms with Gasteiger partial charge in [-0.25, -0.2) is 0 Å². The highest BCUT2D eigenvalue weighted by Gasteiger charge is 2.28. The molecule has 3 rings (SSSR count). The highest BCUT2D eigenvalue weighted by Crippen LogP contribution is 2.33. The lowest BCUT2D eigenvalue weighted by Crippen LogP contribution is -2.32. The standard InChI is InChI=1S/C22H26O5/c1-22(2,3)21(25)27-20-15(9-8-14-6-4-5-7-18(14)20)10-11-17-12-16(23)13-19(24)26-17/h4-9,16-17,23H,10-13H2,1-3H3/t16-,17-/m1/s1. The molecule has 1 aliphatic rings. The second-order valence-electron chi connectivity index (χ2n) is 8.16. The minimum atomic E-state index is -0.647. The molecule has 0 aromatic heterocycles. The number of aliphatic hydroxyl groups is 1. The molecule has 0 amide bonds. The van der Waals surface area contributed by atoms with Crippen LogP contribution in [-0.4, -0.2) is 29.3 Å².